The Kier molecular flexibility index (Phi) is 8.06. The molecule has 2 aromatic carbocycles. The smallest absolute Gasteiger partial charge is 0.203 e. The lowest BCUT2D eigenvalue weighted by atomic mass is 10.2. The van der Waals surface area contributed by atoms with Gasteiger partial charge < -0.3 is 4.74 Å². The van der Waals surface area contributed by atoms with Crippen molar-refractivity contribution in [3.8, 4) is 17.0 Å². The first kappa shape index (κ1) is 20.6. The number of rotatable bonds is 10. The molecule has 0 bridgehead atoms. The van der Waals surface area contributed by atoms with E-state index in [2.05, 4.69) is 38.4 Å². The number of ether oxygens (including phenoxy) is 1. The molecule has 3 rings (SSSR count). The van der Waals surface area contributed by atoms with Gasteiger partial charge in [-0.1, -0.05) is 54.2 Å². The van der Waals surface area contributed by atoms with Crippen LogP contribution in [0.1, 0.15) is 38.2 Å². The van der Waals surface area contributed by atoms with Crippen molar-refractivity contribution in [3.05, 3.63) is 63.9 Å². The van der Waals surface area contributed by atoms with Gasteiger partial charge in [0.2, 0.25) is 5.13 Å². The second-order valence-electron chi connectivity index (χ2n) is 6.39. The highest BCUT2D eigenvalue weighted by Crippen LogP contribution is 2.26. The van der Waals surface area contributed by atoms with Crippen molar-refractivity contribution in [1.29, 1.82) is 0 Å². The van der Waals surface area contributed by atoms with Gasteiger partial charge in [-0.05, 0) is 48.4 Å². The largest absolute Gasteiger partial charge is 0.494 e. The van der Waals surface area contributed by atoms with Crippen molar-refractivity contribution < 1.29 is 4.74 Å². The second-order valence-corrected chi connectivity index (χ2v) is 8.17. The third kappa shape index (κ3) is 6.46. The Hall–Kier alpha value is -2.18. The van der Waals surface area contributed by atoms with E-state index in [0.717, 1.165) is 45.2 Å². The Morgan fingerprint density at radius 3 is 2.61 bits per heavy atom. The Morgan fingerprint density at radius 2 is 1.86 bits per heavy atom. The summed E-state index contributed by atoms with van der Waals surface area (Å²) in [5, 5.41) is 7.07. The molecule has 0 fully saturated rings. The number of nitrogens with zero attached hydrogens (tertiary/aromatic N) is 2. The summed E-state index contributed by atoms with van der Waals surface area (Å²) in [6, 6.07) is 16.1. The third-order valence-corrected chi connectivity index (χ3v) is 5.44. The van der Waals surface area contributed by atoms with E-state index in [-0.39, 0.29) is 0 Å². The molecule has 28 heavy (non-hydrogen) atoms. The van der Waals surface area contributed by atoms with E-state index in [9.17, 15) is 0 Å². The van der Waals surface area contributed by atoms with Gasteiger partial charge in [0.15, 0.2) is 0 Å². The first-order chi connectivity index (χ1) is 13.7. The average molecular weight is 458 g/mol. The molecule has 1 N–H and O–H groups in total. The second kappa shape index (κ2) is 11.0. The van der Waals surface area contributed by atoms with Crippen LogP contribution in [0.4, 0.5) is 5.13 Å². The summed E-state index contributed by atoms with van der Waals surface area (Å²) < 4.78 is 6.82. The van der Waals surface area contributed by atoms with Gasteiger partial charge in [-0.3, -0.25) is 5.43 Å². The number of thiazole rings is 1. The van der Waals surface area contributed by atoms with E-state index in [1.165, 1.54) is 30.6 Å². The van der Waals surface area contributed by atoms with Crippen LogP contribution in [0, 0.1) is 0 Å². The first-order valence-corrected chi connectivity index (χ1v) is 11.2. The molecule has 0 saturated heterocycles. The van der Waals surface area contributed by atoms with Crippen molar-refractivity contribution in [2.45, 2.75) is 32.6 Å². The van der Waals surface area contributed by atoms with Crippen LogP contribution in [0.15, 0.2) is 63.5 Å². The van der Waals surface area contributed by atoms with Gasteiger partial charge in [0.05, 0.1) is 18.5 Å². The maximum atomic E-state index is 5.76. The van der Waals surface area contributed by atoms with Crippen LogP contribution in [-0.2, 0) is 0 Å². The molecule has 0 saturated carbocycles. The standard InChI is InChI=1S/C22H24BrN3OS/c1-2-3-4-5-14-27-20-12-6-17(7-13-20)15-24-26-22-25-21(16-28-22)18-8-10-19(23)11-9-18/h6-13,15-16H,2-5,14H2,1H3,(H,25,26). The average Bonchev–Trinajstić information content (AvgIpc) is 3.18. The van der Waals surface area contributed by atoms with E-state index < -0.39 is 0 Å². The summed E-state index contributed by atoms with van der Waals surface area (Å²) in [5.74, 6) is 0.903. The molecule has 0 aliphatic heterocycles. The molecule has 0 spiro atoms. The van der Waals surface area contributed by atoms with Crippen molar-refractivity contribution in [3.63, 3.8) is 0 Å². The number of unbranched alkanes of at least 4 members (excludes halogenated alkanes) is 3. The Labute approximate surface area is 178 Å². The Balaban J connectivity index is 1.47. The van der Waals surface area contributed by atoms with E-state index in [1.807, 2.05) is 53.9 Å². The minimum absolute atomic E-state index is 0.765. The van der Waals surface area contributed by atoms with Gasteiger partial charge in [0.25, 0.3) is 0 Å². The van der Waals surface area contributed by atoms with Gasteiger partial charge in [0, 0.05) is 15.4 Å². The van der Waals surface area contributed by atoms with Crippen molar-refractivity contribution >= 4 is 38.6 Å². The molecule has 6 heteroatoms. The van der Waals surface area contributed by atoms with Crippen molar-refractivity contribution in [1.82, 2.24) is 4.98 Å². The lowest BCUT2D eigenvalue weighted by Gasteiger charge is -2.05. The van der Waals surface area contributed by atoms with E-state index in [4.69, 9.17) is 4.74 Å². The molecule has 1 heterocycles. The molecule has 0 amide bonds. The van der Waals surface area contributed by atoms with E-state index in [0.29, 0.717) is 0 Å². The fraction of sp³-hybridized carbons (Fsp3) is 0.273. The van der Waals surface area contributed by atoms with Crippen LogP contribution in [0.2, 0.25) is 0 Å². The number of anilines is 1. The summed E-state index contributed by atoms with van der Waals surface area (Å²) in [5.41, 5.74) is 6.03. The number of benzene rings is 2. The fourth-order valence-electron chi connectivity index (χ4n) is 2.61. The third-order valence-electron chi connectivity index (χ3n) is 4.16. The quantitative estimate of drug-likeness (QED) is 0.203. The molecule has 0 radical (unpaired) electrons. The fourth-order valence-corrected chi connectivity index (χ4v) is 3.54. The Morgan fingerprint density at radius 1 is 1.07 bits per heavy atom. The van der Waals surface area contributed by atoms with Crippen LogP contribution in [0.3, 0.4) is 0 Å². The lowest BCUT2D eigenvalue weighted by Crippen LogP contribution is -1.97. The molecule has 4 nitrogen and oxygen atoms in total. The summed E-state index contributed by atoms with van der Waals surface area (Å²) in [6.07, 6.45) is 6.64. The van der Waals surface area contributed by atoms with Crippen LogP contribution in [-0.4, -0.2) is 17.8 Å². The van der Waals surface area contributed by atoms with Gasteiger partial charge >= 0.3 is 0 Å². The highest BCUT2D eigenvalue weighted by atomic mass is 79.9. The highest BCUT2D eigenvalue weighted by Gasteiger charge is 2.03. The highest BCUT2D eigenvalue weighted by molar-refractivity contribution is 9.10. The SMILES string of the molecule is CCCCCCOc1ccc(C=NNc2nc(-c3ccc(Br)cc3)cs2)cc1. The number of hydrazone groups is 1. The summed E-state index contributed by atoms with van der Waals surface area (Å²) in [4.78, 5) is 4.57. The summed E-state index contributed by atoms with van der Waals surface area (Å²) >= 11 is 4.98. The molecule has 0 aliphatic carbocycles. The zero-order chi connectivity index (χ0) is 19.6. The maximum absolute atomic E-state index is 5.76. The van der Waals surface area contributed by atoms with Crippen LogP contribution >= 0.6 is 27.3 Å². The number of aromatic nitrogens is 1. The normalized spacial score (nSPS) is 11.1. The molecule has 0 aliphatic rings. The van der Waals surface area contributed by atoms with Gasteiger partial charge in [0.1, 0.15) is 5.75 Å². The van der Waals surface area contributed by atoms with Gasteiger partial charge in [-0.25, -0.2) is 4.98 Å². The zero-order valence-corrected chi connectivity index (χ0v) is 18.3. The van der Waals surface area contributed by atoms with Gasteiger partial charge in [-0.15, -0.1) is 11.3 Å². The monoisotopic (exact) mass is 457 g/mol. The number of hydrogen-bond acceptors (Lipinski definition) is 5. The summed E-state index contributed by atoms with van der Waals surface area (Å²) in [6.45, 7) is 2.99. The maximum Gasteiger partial charge on any atom is 0.203 e. The molecular weight excluding hydrogens is 434 g/mol. The van der Waals surface area contributed by atoms with E-state index in [1.54, 1.807) is 6.21 Å². The summed E-state index contributed by atoms with van der Waals surface area (Å²) in [7, 11) is 0. The molecular formula is C22H24BrN3OS. The zero-order valence-electron chi connectivity index (χ0n) is 15.9. The molecule has 3 aromatic rings. The van der Waals surface area contributed by atoms with E-state index >= 15 is 0 Å². The molecule has 0 unspecified atom stereocenters. The van der Waals surface area contributed by atoms with Gasteiger partial charge in [-0.2, -0.15) is 5.10 Å². The van der Waals surface area contributed by atoms with Crippen molar-refractivity contribution in [2.24, 2.45) is 5.10 Å². The van der Waals surface area contributed by atoms with Crippen LogP contribution in [0.25, 0.3) is 11.3 Å². The van der Waals surface area contributed by atoms with Crippen molar-refractivity contribution in [2.75, 3.05) is 12.0 Å². The predicted molar refractivity (Wildman–Crippen MR) is 123 cm³/mol. The molecule has 1 aromatic heterocycles. The van der Waals surface area contributed by atoms with Crippen LogP contribution in [0.5, 0.6) is 5.75 Å². The lowest BCUT2D eigenvalue weighted by molar-refractivity contribution is 0.305. The Bertz CT molecular complexity index is 876. The predicted octanol–water partition coefficient (Wildman–Crippen LogP) is 6.98. The number of nitrogens with one attached hydrogen (secondary N) is 1. The molecule has 146 valence electrons. The topological polar surface area (TPSA) is 46.5 Å². The first-order valence-electron chi connectivity index (χ1n) is 9.48. The molecule has 0 atom stereocenters. The van der Waals surface area contributed by atoms with Crippen LogP contribution < -0.4 is 10.2 Å². The number of hydrogen-bond donors (Lipinski definition) is 1. The number of halogens is 1. The minimum Gasteiger partial charge on any atom is -0.494 e. The minimum atomic E-state index is 0.765.